The fourth-order valence-corrected chi connectivity index (χ4v) is 2.79. The minimum Gasteiger partial charge on any atom is -0.391 e. The summed E-state index contributed by atoms with van der Waals surface area (Å²) >= 11 is 4.40. The number of nitrogens with zero attached hydrogens (tertiary/aromatic N) is 2. The largest absolute Gasteiger partial charge is 0.411 e. The Morgan fingerprint density at radius 1 is 1.04 bits per heavy atom. The molecule has 6 heteroatoms. The molecule has 0 radical (unpaired) electrons. The maximum Gasteiger partial charge on any atom is 0.411 e. The minimum absolute atomic E-state index is 0.234. The highest BCUT2D eigenvalue weighted by Crippen LogP contribution is 2.33. The van der Waals surface area contributed by atoms with Gasteiger partial charge in [-0.05, 0) is 11.1 Å². The predicted molar refractivity (Wildman–Crippen MR) is 89.8 cm³/mol. The summed E-state index contributed by atoms with van der Waals surface area (Å²) in [5.41, 5.74) is 7.18. The second-order valence-corrected chi connectivity index (χ2v) is 5.31. The number of hydrogen-bond donors (Lipinski definition) is 2. The summed E-state index contributed by atoms with van der Waals surface area (Å²) in [5, 5.41) is 0.430. The van der Waals surface area contributed by atoms with Crippen molar-refractivity contribution < 1.29 is 9.53 Å². The molecule has 0 aliphatic carbocycles. The molecule has 5 nitrogen and oxygen atoms in total. The second-order valence-electron chi connectivity index (χ2n) is 4.91. The number of amides is 1. The highest BCUT2D eigenvalue weighted by molar-refractivity contribution is 7.80. The first-order chi connectivity index (χ1) is 11.2. The molecule has 2 aromatic carbocycles. The molecule has 0 unspecified atom stereocenters. The van der Waals surface area contributed by atoms with E-state index >= 15 is 0 Å². The zero-order valence-electron chi connectivity index (χ0n) is 12.2. The maximum atomic E-state index is 11.2. The molecule has 2 N–H and O–H groups in total. The third kappa shape index (κ3) is 3.22. The molecule has 0 aliphatic rings. The lowest BCUT2D eigenvalue weighted by Gasteiger charge is -2.22. The van der Waals surface area contributed by atoms with E-state index in [0.29, 0.717) is 5.16 Å². The number of hydrogen-bond acceptors (Lipinski definition) is 4. The van der Waals surface area contributed by atoms with Gasteiger partial charge in [0.2, 0.25) is 5.88 Å². The van der Waals surface area contributed by atoms with E-state index in [1.54, 1.807) is 4.57 Å². The molecule has 0 fully saturated rings. The molecular formula is C17H15N3O2S. The van der Waals surface area contributed by atoms with Crippen molar-refractivity contribution in [1.82, 2.24) is 9.55 Å². The number of thiol groups is 1. The first kappa shape index (κ1) is 15.2. The monoisotopic (exact) mass is 325 g/mol. The van der Waals surface area contributed by atoms with Crippen LogP contribution >= 0.6 is 12.6 Å². The van der Waals surface area contributed by atoms with Gasteiger partial charge in [-0.1, -0.05) is 60.7 Å². The van der Waals surface area contributed by atoms with Crippen LogP contribution < -0.4 is 10.5 Å². The molecule has 116 valence electrons. The minimum atomic E-state index is -0.889. The Morgan fingerprint density at radius 3 is 2.04 bits per heavy atom. The standard InChI is InChI=1S/C17H15N3O2S/c18-16(21)22-14-11-19-17(23)20(14)15(12-7-3-1-4-8-12)13-9-5-2-6-10-13/h1-11,15H,(H2,18,21)(H,19,23). The van der Waals surface area contributed by atoms with Crippen LogP contribution in [0.15, 0.2) is 72.0 Å². The van der Waals surface area contributed by atoms with Crippen LogP contribution in [-0.2, 0) is 0 Å². The number of rotatable bonds is 4. The van der Waals surface area contributed by atoms with Gasteiger partial charge in [0.15, 0.2) is 5.16 Å². The lowest BCUT2D eigenvalue weighted by molar-refractivity contribution is 0.206. The fraction of sp³-hybridized carbons (Fsp3) is 0.0588. The van der Waals surface area contributed by atoms with E-state index in [4.69, 9.17) is 10.5 Å². The number of benzene rings is 2. The molecular weight excluding hydrogens is 310 g/mol. The molecule has 0 atom stereocenters. The van der Waals surface area contributed by atoms with Gasteiger partial charge in [0.05, 0.1) is 12.2 Å². The van der Waals surface area contributed by atoms with E-state index < -0.39 is 6.09 Å². The van der Waals surface area contributed by atoms with Crippen LogP contribution in [0.25, 0.3) is 0 Å². The lowest BCUT2D eigenvalue weighted by atomic mass is 9.98. The highest BCUT2D eigenvalue weighted by Gasteiger charge is 2.23. The van der Waals surface area contributed by atoms with Crippen molar-refractivity contribution in [2.75, 3.05) is 0 Å². The summed E-state index contributed by atoms with van der Waals surface area (Å²) in [6.07, 6.45) is 0.547. The Kier molecular flexibility index (Phi) is 4.34. The summed E-state index contributed by atoms with van der Waals surface area (Å²) in [6, 6.07) is 19.5. The van der Waals surface area contributed by atoms with E-state index in [-0.39, 0.29) is 11.9 Å². The van der Waals surface area contributed by atoms with Crippen LogP contribution in [-0.4, -0.2) is 15.6 Å². The summed E-state index contributed by atoms with van der Waals surface area (Å²) < 4.78 is 6.82. The Balaban J connectivity index is 2.17. The Labute approximate surface area is 139 Å². The highest BCUT2D eigenvalue weighted by atomic mass is 32.1. The van der Waals surface area contributed by atoms with Crippen LogP contribution in [0.3, 0.4) is 0 Å². The van der Waals surface area contributed by atoms with Crippen LogP contribution in [0.5, 0.6) is 5.88 Å². The number of imidazole rings is 1. The maximum absolute atomic E-state index is 11.2. The molecule has 0 bridgehead atoms. The van der Waals surface area contributed by atoms with Gasteiger partial charge in [-0.25, -0.2) is 9.78 Å². The number of ether oxygens (including phenoxy) is 1. The number of nitrogens with two attached hydrogens (primary N) is 1. The van der Waals surface area contributed by atoms with Crippen LogP contribution in [0.2, 0.25) is 0 Å². The molecule has 0 spiro atoms. The van der Waals surface area contributed by atoms with Crippen molar-refractivity contribution in [1.29, 1.82) is 0 Å². The predicted octanol–water partition coefficient (Wildman–Crippen LogP) is 3.27. The van der Waals surface area contributed by atoms with Crippen molar-refractivity contribution in [3.05, 3.63) is 78.0 Å². The molecule has 3 aromatic rings. The summed E-state index contributed by atoms with van der Waals surface area (Å²) in [7, 11) is 0. The van der Waals surface area contributed by atoms with E-state index in [1.165, 1.54) is 6.20 Å². The summed E-state index contributed by atoms with van der Waals surface area (Å²) in [5.74, 6) is 0.250. The van der Waals surface area contributed by atoms with Gasteiger partial charge >= 0.3 is 6.09 Å². The van der Waals surface area contributed by atoms with Crippen molar-refractivity contribution in [3.8, 4) is 5.88 Å². The Hall–Kier alpha value is -2.73. The fourth-order valence-electron chi connectivity index (χ4n) is 2.52. The molecule has 1 heterocycles. The first-order valence-corrected chi connectivity index (χ1v) is 7.45. The van der Waals surface area contributed by atoms with Crippen molar-refractivity contribution in [3.63, 3.8) is 0 Å². The quantitative estimate of drug-likeness (QED) is 0.723. The molecule has 1 aromatic heterocycles. The van der Waals surface area contributed by atoms with E-state index in [1.807, 2.05) is 60.7 Å². The third-order valence-electron chi connectivity index (χ3n) is 3.44. The average Bonchev–Trinajstić information content (AvgIpc) is 2.90. The van der Waals surface area contributed by atoms with Gasteiger partial charge in [-0.15, -0.1) is 12.6 Å². The van der Waals surface area contributed by atoms with Crippen molar-refractivity contribution in [2.24, 2.45) is 5.73 Å². The Morgan fingerprint density at radius 2 is 1.57 bits per heavy atom. The third-order valence-corrected chi connectivity index (χ3v) is 3.77. The van der Waals surface area contributed by atoms with E-state index in [9.17, 15) is 4.79 Å². The molecule has 3 rings (SSSR count). The number of carbonyl (C=O) groups is 1. The Bertz CT molecular complexity index is 764. The second kappa shape index (κ2) is 6.58. The van der Waals surface area contributed by atoms with Crippen molar-refractivity contribution in [2.45, 2.75) is 11.2 Å². The van der Waals surface area contributed by atoms with Crippen LogP contribution in [0.1, 0.15) is 17.2 Å². The van der Waals surface area contributed by atoms with Crippen LogP contribution in [0, 0.1) is 0 Å². The molecule has 0 saturated heterocycles. The first-order valence-electron chi connectivity index (χ1n) is 7.00. The van der Waals surface area contributed by atoms with Gasteiger partial charge in [0.1, 0.15) is 0 Å². The molecule has 0 saturated carbocycles. The average molecular weight is 325 g/mol. The summed E-state index contributed by atoms with van der Waals surface area (Å²) in [4.78, 5) is 15.3. The van der Waals surface area contributed by atoms with E-state index in [0.717, 1.165) is 11.1 Å². The number of primary amides is 1. The number of aromatic nitrogens is 2. The van der Waals surface area contributed by atoms with Crippen LogP contribution in [0.4, 0.5) is 4.79 Å². The van der Waals surface area contributed by atoms with Crippen molar-refractivity contribution >= 4 is 18.7 Å². The molecule has 0 aliphatic heterocycles. The zero-order chi connectivity index (χ0) is 16.2. The SMILES string of the molecule is NC(=O)Oc1cnc(S)n1C(c1ccccc1)c1ccccc1. The smallest absolute Gasteiger partial charge is 0.391 e. The van der Waals surface area contributed by atoms with Gasteiger partial charge in [0, 0.05) is 0 Å². The molecule has 23 heavy (non-hydrogen) atoms. The van der Waals surface area contributed by atoms with Gasteiger partial charge < -0.3 is 10.5 Å². The van der Waals surface area contributed by atoms with E-state index in [2.05, 4.69) is 17.6 Å². The zero-order valence-corrected chi connectivity index (χ0v) is 13.1. The van der Waals surface area contributed by atoms with Gasteiger partial charge in [-0.2, -0.15) is 0 Å². The number of carbonyl (C=O) groups excluding carboxylic acids is 1. The topological polar surface area (TPSA) is 70.1 Å². The molecule has 1 amide bonds. The summed E-state index contributed by atoms with van der Waals surface area (Å²) in [6.45, 7) is 0. The lowest BCUT2D eigenvalue weighted by Crippen LogP contribution is -2.21. The normalized spacial score (nSPS) is 10.7. The van der Waals surface area contributed by atoms with Gasteiger partial charge in [0.25, 0.3) is 0 Å². The van der Waals surface area contributed by atoms with Gasteiger partial charge in [-0.3, -0.25) is 4.57 Å².